The van der Waals surface area contributed by atoms with Crippen molar-refractivity contribution in [1.82, 2.24) is 15.3 Å². The van der Waals surface area contributed by atoms with Gasteiger partial charge in [0, 0.05) is 12.6 Å². The first-order valence-corrected chi connectivity index (χ1v) is 4.83. The van der Waals surface area contributed by atoms with Crippen LogP contribution in [0.2, 0.25) is 0 Å². The molecule has 0 saturated carbocycles. The second kappa shape index (κ2) is 5.26. The predicted octanol–water partition coefficient (Wildman–Crippen LogP) is -1.44. The van der Waals surface area contributed by atoms with Gasteiger partial charge in [0.25, 0.3) is 11.5 Å². The molecule has 1 rings (SSSR count). The molecule has 0 bridgehead atoms. The lowest BCUT2D eigenvalue weighted by atomic mass is 10.3. The predicted molar refractivity (Wildman–Crippen MR) is 56.3 cm³/mol. The smallest absolute Gasteiger partial charge is 0.326 e. The van der Waals surface area contributed by atoms with E-state index in [9.17, 15) is 19.5 Å². The monoisotopic (exact) mass is 227 g/mol. The van der Waals surface area contributed by atoms with Gasteiger partial charge in [0.05, 0.1) is 6.10 Å². The third-order valence-corrected chi connectivity index (χ3v) is 1.97. The summed E-state index contributed by atoms with van der Waals surface area (Å²) in [7, 11) is 0. The lowest BCUT2D eigenvalue weighted by Gasteiger charge is -2.08. The highest BCUT2D eigenvalue weighted by Gasteiger charge is 2.09. The van der Waals surface area contributed by atoms with Crippen molar-refractivity contribution in [2.24, 2.45) is 0 Å². The molecule has 0 aliphatic rings. The average molecular weight is 227 g/mol. The van der Waals surface area contributed by atoms with E-state index in [0.717, 1.165) is 6.07 Å². The minimum atomic E-state index is -0.742. The van der Waals surface area contributed by atoms with Crippen LogP contribution in [0.1, 0.15) is 23.8 Å². The number of rotatable bonds is 4. The summed E-state index contributed by atoms with van der Waals surface area (Å²) in [6, 6.07) is 0.981. The Kier molecular flexibility index (Phi) is 4.01. The van der Waals surface area contributed by atoms with Crippen molar-refractivity contribution in [3.63, 3.8) is 0 Å². The van der Waals surface area contributed by atoms with Gasteiger partial charge in [-0.3, -0.25) is 14.6 Å². The van der Waals surface area contributed by atoms with Crippen LogP contribution in [0.15, 0.2) is 15.7 Å². The quantitative estimate of drug-likeness (QED) is 0.504. The fraction of sp³-hybridized carbons (Fsp3) is 0.444. The Morgan fingerprint density at radius 1 is 1.50 bits per heavy atom. The van der Waals surface area contributed by atoms with Crippen LogP contribution in [0.3, 0.4) is 0 Å². The molecule has 1 unspecified atom stereocenters. The minimum Gasteiger partial charge on any atom is -0.391 e. The van der Waals surface area contributed by atoms with Crippen molar-refractivity contribution < 1.29 is 9.90 Å². The van der Waals surface area contributed by atoms with E-state index in [1.807, 2.05) is 4.98 Å². The number of aromatic nitrogens is 2. The Morgan fingerprint density at radius 2 is 2.19 bits per heavy atom. The molecule has 0 aliphatic carbocycles. The Morgan fingerprint density at radius 3 is 2.75 bits per heavy atom. The topological polar surface area (TPSA) is 115 Å². The molecule has 1 atom stereocenters. The van der Waals surface area contributed by atoms with E-state index < -0.39 is 23.3 Å². The first-order chi connectivity index (χ1) is 7.52. The number of hydrogen-bond donors (Lipinski definition) is 4. The van der Waals surface area contributed by atoms with Crippen molar-refractivity contribution in [2.75, 3.05) is 6.54 Å². The molecule has 0 radical (unpaired) electrons. The SMILES string of the molecule is CCC(O)CNC(=O)c1cc(=O)[nH]c(=O)[nH]1. The first kappa shape index (κ1) is 12.2. The normalized spacial score (nSPS) is 12.1. The molecule has 0 aliphatic heterocycles. The Balaban J connectivity index is 2.73. The summed E-state index contributed by atoms with van der Waals surface area (Å²) < 4.78 is 0. The molecule has 1 aromatic heterocycles. The summed E-state index contributed by atoms with van der Waals surface area (Å²) in [6.45, 7) is 1.84. The van der Waals surface area contributed by atoms with Crippen LogP contribution in [0.25, 0.3) is 0 Å². The molecule has 0 spiro atoms. The third kappa shape index (κ3) is 3.35. The van der Waals surface area contributed by atoms with Gasteiger partial charge in [-0.15, -0.1) is 0 Å². The molecule has 0 aromatic carbocycles. The van der Waals surface area contributed by atoms with Crippen LogP contribution in [0.4, 0.5) is 0 Å². The van der Waals surface area contributed by atoms with E-state index in [0.29, 0.717) is 6.42 Å². The van der Waals surface area contributed by atoms with Crippen molar-refractivity contribution in [3.8, 4) is 0 Å². The van der Waals surface area contributed by atoms with Crippen LogP contribution in [-0.2, 0) is 0 Å². The molecule has 7 heteroatoms. The molecule has 4 N–H and O–H groups in total. The molecule has 0 fully saturated rings. The Labute approximate surface area is 90.5 Å². The first-order valence-electron chi connectivity index (χ1n) is 4.83. The number of aliphatic hydroxyl groups is 1. The lowest BCUT2D eigenvalue weighted by Crippen LogP contribution is -2.35. The minimum absolute atomic E-state index is 0.0736. The zero-order chi connectivity index (χ0) is 12.1. The lowest BCUT2D eigenvalue weighted by molar-refractivity contribution is 0.0908. The van der Waals surface area contributed by atoms with E-state index in [2.05, 4.69) is 10.3 Å². The van der Waals surface area contributed by atoms with Gasteiger partial charge in [0.2, 0.25) is 0 Å². The summed E-state index contributed by atoms with van der Waals surface area (Å²) >= 11 is 0. The van der Waals surface area contributed by atoms with Gasteiger partial charge >= 0.3 is 5.69 Å². The maximum Gasteiger partial charge on any atom is 0.326 e. The second-order valence-corrected chi connectivity index (χ2v) is 3.27. The second-order valence-electron chi connectivity index (χ2n) is 3.27. The van der Waals surface area contributed by atoms with E-state index in [4.69, 9.17) is 0 Å². The molecule has 7 nitrogen and oxygen atoms in total. The molecule has 0 saturated heterocycles. The van der Waals surface area contributed by atoms with Crippen LogP contribution in [0, 0.1) is 0 Å². The fourth-order valence-corrected chi connectivity index (χ4v) is 1.04. The maximum atomic E-state index is 11.4. The number of H-pyrrole nitrogens is 2. The largest absolute Gasteiger partial charge is 0.391 e. The van der Waals surface area contributed by atoms with Crippen molar-refractivity contribution >= 4 is 5.91 Å². The molecule has 1 heterocycles. The molecule has 1 aromatic rings. The summed E-state index contributed by atoms with van der Waals surface area (Å²) in [4.78, 5) is 37.3. The van der Waals surface area contributed by atoms with Gasteiger partial charge in [0.15, 0.2) is 0 Å². The van der Waals surface area contributed by atoms with Gasteiger partial charge in [0.1, 0.15) is 5.69 Å². The van der Waals surface area contributed by atoms with Crippen LogP contribution < -0.4 is 16.6 Å². The van der Waals surface area contributed by atoms with Gasteiger partial charge in [-0.25, -0.2) is 4.79 Å². The molecule has 1 amide bonds. The molecular formula is C9H13N3O4. The highest BCUT2D eigenvalue weighted by atomic mass is 16.3. The number of aromatic amines is 2. The zero-order valence-corrected chi connectivity index (χ0v) is 8.74. The summed E-state index contributed by atoms with van der Waals surface area (Å²) in [6.07, 6.45) is -0.135. The summed E-state index contributed by atoms with van der Waals surface area (Å²) in [5.41, 5.74) is -1.52. The van der Waals surface area contributed by atoms with Gasteiger partial charge in [-0.1, -0.05) is 6.92 Å². The highest BCUT2D eigenvalue weighted by molar-refractivity contribution is 5.92. The van der Waals surface area contributed by atoms with Crippen molar-refractivity contribution in [1.29, 1.82) is 0 Å². The molecule has 16 heavy (non-hydrogen) atoms. The van der Waals surface area contributed by atoms with Crippen LogP contribution >= 0.6 is 0 Å². The fourth-order valence-electron chi connectivity index (χ4n) is 1.04. The molecular weight excluding hydrogens is 214 g/mol. The highest BCUT2D eigenvalue weighted by Crippen LogP contribution is 1.89. The number of hydrogen-bond acceptors (Lipinski definition) is 4. The number of nitrogens with one attached hydrogen (secondary N) is 3. The number of carbonyl (C=O) groups is 1. The van der Waals surface area contributed by atoms with E-state index >= 15 is 0 Å². The summed E-state index contributed by atoms with van der Waals surface area (Å²) in [5.74, 6) is -0.601. The van der Waals surface area contributed by atoms with E-state index in [1.54, 1.807) is 6.92 Å². The maximum absolute atomic E-state index is 11.4. The average Bonchev–Trinajstić information content (AvgIpc) is 2.23. The standard InChI is InChI=1S/C9H13N3O4/c1-2-5(13)4-10-8(15)6-3-7(14)12-9(16)11-6/h3,5,13H,2,4H2,1H3,(H,10,15)(H2,11,12,14,16). The van der Waals surface area contributed by atoms with Crippen LogP contribution in [-0.4, -0.2) is 33.6 Å². The third-order valence-electron chi connectivity index (χ3n) is 1.97. The molecule has 88 valence electrons. The van der Waals surface area contributed by atoms with Crippen molar-refractivity contribution in [3.05, 3.63) is 32.6 Å². The zero-order valence-electron chi connectivity index (χ0n) is 8.74. The Bertz CT molecular complexity index is 448. The summed E-state index contributed by atoms with van der Waals surface area (Å²) in [5, 5.41) is 11.6. The van der Waals surface area contributed by atoms with E-state index in [1.165, 1.54) is 0 Å². The van der Waals surface area contributed by atoms with Gasteiger partial charge in [-0.05, 0) is 6.42 Å². The number of amides is 1. The van der Waals surface area contributed by atoms with Gasteiger partial charge in [-0.2, -0.15) is 0 Å². The number of carbonyl (C=O) groups excluding carboxylic acids is 1. The van der Waals surface area contributed by atoms with E-state index in [-0.39, 0.29) is 12.2 Å². The van der Waals surface area contributed by atoms with Crippen molar-refractivity contribution in [2.45, 2.75) is 19.4 Å². The Hall–Kier alpha value is -1.89. The number of aliphatic hydroxyl groups excluding tert-OH is 1. The van der Waals surface area contributed by atoms with Crippen LogP contribution in [0.5, 0.6) is 0 Å². The van der Waals surface area contributed by atoms with Gasteiger partial charge < -0.3 is 15.4 Å².